The molecule has 0 spiro atoms. The summed E-state index contributed by atoms with van der Waals surface area (Å²) in [5.74, 6) is -0.947. The molecule has 0 aliphatic carbocycles. The van der Waals surface area contributed by atoms with Gasteiger partial charge in [-0.3, -0.25) is 4.79 Å². The molecule has 7 heteroatoms. The summed E-state index contributed by atoms with van der Waals surface area (Å²) in [6, 6.07) is 6.46. The highest BCUT2D eigenvalue weighted by atomic mass is 16.5. The molecule has 1 atom stereocenters. The summed E-state index contributed by atoms with van der Waals surface area (Å²) in [4.78, 5) is 14.0. The van der Waals surface area contributed by atoms with Crippen LogP contribution >= 0.6 is 0 Å². The Balaban J connectivity index is 2.75. The van der Waals surface area contributed by atoms with Crippen LogP contribution in [0.25, 0.3) is 10.4 Å². The molecule has 0 saturated carbocycles. The third-order valence-electron chi connectivity index (χ3n) is 2.76. The van der Waals surface area contributed by atoms with Gasteiger partial charge in [-0.15, -0.1) is 0 Å². The van der Waals surface area contributed by atoms with Gasteiger partial charge in [-0.25, -0.2) is 0 Å². The Bertz CT molecular complexity index is 486. The van der Waals surface area contributed by atoms with E-state index in [1.807, 2.05) is 12.1 Å². The SMILES string of the molecule is COCc1ccccc1C(NCCCN=[N+]=[N-])C(=O)O. The number of aliphatic carboxylic acids is 1. The molecule has 0 saturated heterocycles. The van der Waals surface area contributed by atoms with E-state index in [1.165, 1.54) is 0 Å². The Hall–Kier alpha value is -2.08. The van der Waals surface area contributed by atoms with Crippen LogP contribution in [0, 0.1) is 0 Å². The van der Waals surface area contributed by atoms with Gasteiger partial charge < -0.3 is 15.2 Å². The number of nitrogens with one attached hydrogen (secondary N) is 1. The lowest BCUT2D eigenvalue weighted by Gasteiger charge is -2.18. The van der Waals surface area contributed by atoms with Gasteiger partial charge in [0.1, 0.15) is 6.04 Å². The molecule has 0 aromatic heterocycles. The second-order valence-corrected chi connectivity index (χ2v) is 4.17. The van der Waals surface area contributed by atoms with E-state index >= 15 is 0 Å². The molecule has 0 radical (unpaired) electrons. The van der Waals surface area contributed by atoms with Crippen LogP contribution in [-0.2, 0) is 16.1 Å². The normalized spacial score (nSPS) is 11.7. The van der Waals surface area contributed by atoms with Crippen molar-refractivity contribution in [3.63, 3.8) is 0 Å². The molecule has 20 heavy (non-hydrogen) atoms. The van der Waals surface area contributed by atoms with E-state index in [9.17, 15) is 9.90 Å². The molecule has 1 aromatic carbocycles. The van der Waals surface area contributed by atoms with Crippen molar-refractivity contribution in [2.24, 2.45) is 5.11 Å². The zero-order chi connectivity index (χ0) is 14.8. The van der Waals surface area contributed by atoms with E-state index in [0.717, 1.165) is 5.56 Å². The minimum atomic E-state index is -0.947. The van der Waals surface area contributed by atoms with Gasteiger partial charge in [0, 0.05) is 18.6 Å². The molecule has 2 N–H and O–H groups in total. The second-order valence-electron chi connectivity index (χ2n) is 4.17. The molecular formula is C13H18N4O3. The number of nitrogens with zero attached hydrogens (tertiary/aromatic N) is 3. The Morgan fingerprint density at radius 2 is 2.30 bits per heavy atom. The van der Waals surface area contributed by atoms with Crippen molar-refractivity contribution >= 4 is 5.97 Å². The van der Waals surface area contributed by atoms with Crippen molar-refractivity contribution in [3.05, 3.63) is 45.8 Å². The van der Waals surface area contributed by atoms with Gasteiger partial charge in [0.15, 0.2) is 0 Å². The maximum Gasteiger partial charge on any atom is 0.325 e. The summed E-state index contributed by atoms with van der Waals surface area (Å²) >= 11 is 0. The van der Waals surface area contributed by atoms with Crippen molar-refractivity contribution in [1.82, 2.24) is 5.32 Å². The average molecular weight is 278 g/mol. The van der Waals surface area contributed by atoms with Gasteiger partial charge in [-0.2, -0.15) is 0 Å². The smallest absolute Gasteiger partial charge is 0.325 e. The van der Waals surface area contributed by atoms with Crippen molar-refractivity contribution in [3.8, 4) is 0 Å². The van der Waals surface area contributed by atoms with E-state index in [1.54, 1.807) is 19.2 Å². The summed E-state index contributed by atoms with van der Waals surface area (Å²) in [6.45, 7) is 1.16. The van der Waals surface area contributed by atoms with Crippen molar-refractivity contribution < 1.29 is 14.6 Å². The van der Waals surface area contributed by atoms with Crippen molar-refractivity contribution in [2.45, 2.75) is 19.1 Å². The highest BCUT2D eigenvalue weighted by Crippen LogP contribution is 2.19. The quantitative estimate of drug-likeness (QED) is 0.312. The third kappa shape index (κ3) is 4.89. The monoisotopic (exact) mass is 278 g/mol. The fourth-order valence-electron chi connectivity index (χ4n) is 1.87. The molecule has 0 bridgehead atoms. The number of rotatable bonds is 9. The number of methoxy groups -OCH3 is 1. The first-order valence-corrected chi connectivity index (χ1v) is 6.24. The first-order chi connectivity index (χ1) is 9.70. The number of hydrogen-bond acceptors (Lipinski definition) is 4. The van der Waals surface area contributed by atoms with Crippen LogP contribution in [0.1, 0.15) is 23.6 Å². The number of ether oxygens (including phenoxy) is 1. The van der Waals surface area contributed by atoms with Crippen LogP contribution < -0.4 is 5.32 Å². The van der Waals surface area contributed by atoms with Gasteiger partial charge in [-0.1, -0.05) is 29.4 Å². The molecule has 0 amide bonds. The Morgan fingerprint density at radius 3 is 2.95 bits per heavy atom. The van der Waals surface area contributed by atoms with E-state index in [4.69, 9.17) is 10.3 Å². The van der Waals surface area contributed by atoms with Gasteiger partial charge in [0.25, 0.3) is 0 Å². The van der Waals surface area contributed by atoms with Crippen LogP contribution in [0.15, 0.2) is 29.4 Å². The van der Waals surface area contributed by atoms with Crippen LogP contribution in [-0.4, -0.2) is 31.3 Å². The molecule has 0 fully saturated rings. The van der Waals surface area contributed by atoms with Crippen LogP contribution in [0.2, 0.25) is 0 Å². The maximum atomic E-state index is 11.4. The predicted molar refractivity (Wildman–Crippen MR) is 74.2 cm³/mol. The van der Waals surface area contributed by atoms with Gasteiger partial charge in [0.2, 0.25) is 0 Å². The number of azide groups is 1. The number of benzene rings is 1. The van der Waals surface area contributed by atoms with Gasteiger partial charge >= 0.3 is 5.97 Å². The Kier molecular flexibility index (Phi) is 7.13. The summed E-state index contributed by atoms with van der Waals surface area (Å²) in [7, 11) is 1.57. The fraction of sp³-hybridized carbons (Fsp3) is 0.462. The highest BCUT2D eigenvalue weighted by Gasteiger charge is 2.21. The molecule has 0 aliphatic heterocycles. The molecular weight excluding hydrogens is 260 g/mol. The molecule has 1 aromatic rings. The van der Waals surface area contributed by atoms with E-state index in [0.29, 0.717) is 31.7 Å². The third-order valence-corrected chi connectivity index (χ3v) is 2.76. The Morgan fingerprint density at radius 1 is 1.55 bits per heavy atom. The van der Waals surface area contributed by atoms with E-state index in [-0.39, 0.29) is 0 Å². The molecule has 108 valence electrons. The minimum absolute atomic E-state index is 0.343. The van der Waals surface area contributed by atoms with Gasteiger partial charge in [-0.05, 0) is 29.6 Å². The lowest BCUT2D eigenvalue weighted by Crippen LogP contribution is -2.30. The minimum Gasteiger partial charge on any atom is -0.480 e. The zero-order valence-electron chi connectivity index (χ0n) is 11.3. The fourth-order valence-corrected chi connectivity index (χ4v) is 1.87. The van der Waals surface area contributed by atoms with Crippen LogP contribution in [0.5, 0.6) is 0 Å². The number of carboxylic acid groups (broad SMARTS) is 1. The number of carboxylic acids is 1. The number of carbonyl (C=O) groups is 1. The maximum absolute atomic E-state index is 11.4. The van der Waals surface area contributed by atoms with Crippen molar-refractivity contribution in [2.75, 3.05) is 20.2 Å². The summed E-state index contributed by atoms with van der Waals surface area (Å²) in [6.07, 6.45) is 0.584. The summed E-state index contributed by atoms with van der Waals surface area (Å²) in [5.41, 5.74) is 9.69. The molecule has 1 unspecified atom stereocenters. The summed E-state index contributed by atoms with van der Waals surface area (Å²) in [5, 5.41) is 15.7. The first kappa shape index (κ1) is 16.0. The lowest BCUT2D eigenvalue weighted by molar-refractivity contribution is -0.139. The average Bonchev–Trinajstić information content (AvgIpc) is 2.44. The standard InChI is InChI=1S/C13H18N4O3/c1-20-9-10-5-2-3-6-11(10)12(13(18)19)15-7-4-8-16-17-14/h2-3,5-6,12,15H,4,7-9H2,1H3,(H,18,19). The Labute approximate surface area is 117 Å². The lowest BCUT2D eigenvalue weighted by atomic mass is 10.0. The van der Waals surface area contributed by atoms with Gasteiger partial charge in [0.05, 0.1) is 6.61 Å². The van der Waals surface area contributed by atoms with Crippen molar-refractivity contribution in [1.29, 1.82) is 0 Å². The van der Waals surface area contributed by atoms with E-state index in [2.05, 4.69) is 15.3 Å². The molecule has 0 heterocycles. The predicted octanol–water partition coefficient (Wildman–Crippen LogP) is 2.25. The molecule has 1 rings (SSSR count). The number of hydrogen-bond donors (Lipinski definition) is 2. The second kappa shape index (κ2) is 8.92. The molecule has 7 nitrogen and oxygen atoms in total. The highest BCUT2D eigenvalue weighted by molar-refractivity contribution is 5.76. The first-order valence-electron chi connectivity index (χ1n) is 6.24. The topological polar surface area (TPSA) is 107 Å². The molecule has 0 aliphatic rings. The van der Waals surface area contributed by atoms with E-state index < -0.39 is 12.0 Å². The van der Waals surface area contributed by atoms with Crippen LogP contribution in [0.4, 0.5) is 0 Å². The largest absolute Gasteiger partial charge is 0.480 e. The summed E-state index contributed by atoms with van der Waals surface area (Å²) < 4.78 is 5.08. The zero-order valence-corrected chi connectivity index (χ0v) is 11.3. The van der Waals surface area contributed by atoms with Crippen LogP contribution in [0.3, 0.4) is 0 Å².